The van der Waals surface area contributed by atoms with Crippen molar-refractivity contribution in [1.29, 1.82) is 0 Å². The van der Waals surface area contributed by atoms with Crippen LogP contribution in [-0.4, -0.2) is 29.3 Å². The van der Waals surface area contributed by atoms with Crippen molar-refractivity contribution in [2.75, 3.05) is 0 Å². The van der Waals surface area contributed by atoms with E-state index in [0.717, 1.165) is 26.9 Å². The minimum Gasteiger partial charge on any atom is -0.344 e. The number of nitrogens with one attached hydrogen (secondary N) is 2. The van der Waals surface area contributed by atoms with Crippen LogP contribution in [0, 0.1) is 11.8 Å². The molecular weight excluding hydrogens is 272 g/mol. The number of hydrogen-bond donors (Lipinski definition) is 2. The summed E-state index contributed by atoms with van der Waals surface area (Å²) in [5, 5.41) is 0. The van der Waals surface area contributed by atoms with Gasteiger partial charge in [-0.2, -0.15) is 0 Å². The zero-order valence-corrected chi connectivity index (χ0v) is 11.0. The van der Waals surface area contributed by atoms with Gasteiger partial charge in [-0.3, -0.25) is 4.40 Å². The number of aromatic amines is 2. The fraction of sp³-hybridized carbons (Fsp3) is 0. The Balaban J connectivity index is 1.69. The van der Waals surface area contributed by atoms with E-state index in [1.54, 1.807) is 36.4 Å². The lowest BCUT2D eigenvalue weighted by atomic mass is 10.4. The van der Waals surface area contributed by atoms with Gasteiger partial charge in [-0.15, -0.1) is 0 Å². The topological polar surface area (TPSA) is 74.7 Å². The third-order valence-electron chi connectivity index (χ3n) is 2.74. The van der Waals surface area contributed by atoms with Gasteiger partial charge in [-0.05, 0) is 11.8 Å². The molecule has 0 radical (unpaired) electrons. The first kappa shape index (κ1) is 11.0. The maximum absolute atomic E-state index is 4.48. The first-order valence-corrected chi connectivity index (χ1v) is 6.68. The second kappa shape index (κ2) is 4.36. The number of hydrogen-bond acceptors (Lipinski definition) is 4. The number of H-pyrrole nitrogens is 2. The van der Waals surface area contributed by atoms with Gasteiger partial charge in [0.2, 0.25) is 0 Å². The van der Waals surface area contributed by atoms with Crippen molar-refractivity contribution in [3.05, 3.63) is 48.8 Å². The fourth-order valence-corrected chi connectivity index (χ4v) is 2.77. The van der Waals surface area contributed by atoms with Crippen LogP contribution in [0.4, 0.5) is 0 Å². The van der Waals surface area contributed by atoms with Crippen LogP contribution in [0.2, 0.25) is 0 Å². The number of thiazole rings is 1. The predicted molar refractivity (Wildman–Crippen MR) is 75.2 cm³/mol. The van der Waals surface area contributed by atoms with Gasteiger partial charge in [0, 0.05) is 12.4 Å². The standard InChI is InChI=1S/C13H8N6S/c1(9-3-14-7-16-9)2-10-5-19-6-12(20-13(19)18-10)11-4-15-8-17-11/h3-8H,(H,14,16)(H,15,17). The van der Waals surface area contributed by atoms with Crippen LogP contribution < -0.4 is 0 Å². The summed E-state index contributed by atoms with van der Waals surface area (Å²) in [4.78, 5) is 20.4. The maximum atomic E-state index is 4.48. The van der Waals surface area contributed by atoms with E-state index in [1.165, 1.54) is 0 Å². The maximum Gasteiger partial charge on any atom is 0.195 e. The van der Waals surface area contributed by atoms with Gasteiger partial charge in [-0.25, -0.2) is 15.0 Å². The number of nitrogens with zero attached hydrogens (tertiary/aromatic N) is 4. The molecule has 4 aromatic rings. The van der Waals surface area contributed by atoms with E-state index in [-0.39, 0.29) is 0 Å². The van der Waals surface area contributed by atoms with Gasteiger partial charge in [-0.1, -0.05) is 11.3 Å². The smallest absolute Gasteiger partial charge is 0.195 e. The van der Waals surface area contributed by atoms with Crippen LogP contribution in [-0.2, 0) is 0 Å². The predicted octanol–water partition coefficient (Wildman–Crippen LogP) is 1.91. The molecule has 0 aliphatic rings. The average molecular weight is 280 g/mol. The minimum absolute atomic E-state index is 0.738. The summed E-state index contributed by atoms with van der Waals surface area (Å²) in [6, 6.07) is 0. The lowest BCUT2D eigenvalue weighted by Gasteiger charge is -1.86. The number of rotatable bonds is 1. The van der Waals surface area contributed by atoms with Crippen LogP contribution in [0.3, 0.4) is 0 Å². The fourth-order valence-electron chi connectivity index (χ4n) is 1.83. The van der Waals surface area contributed by atoms with Gasteiger partial charge >= 0.3 is 0 Å². The van der Waals surface area contributed by atoms with Crippen molar-refractivity contribution in [1.82, 2.24) is 29.3 Å². The molecule has 2 N–H and O–H groups in total. The molecule has 0 saturated heterocycles. The largest absolute Gasteiger partial charge is 0.344 e. The Morgan fingerprint density at radius 2 is 1.95 bits per heavy atom. The first-order valence-electron chi connectivity index (χ1n) is 5.86. The van der Waals surface area contributed by atoms with E-state index >= 15 is 0 Å². The van der Waals surface area contributed by atoms with E-state index in [0.29, 0.717) is 0 Å². The highest BCUT2D eigenvalue weighted by atomic mass is 32.1. The molecular formula is C13H8N6S. The third-order valence-corrected chi connectivity index (χ3v) is 3.77. The SMILES string of the molecule is C(#Cc1cnc[nH]1)c1cn2cc(-c3cnc[nH]3)sc2n1. The number of imidazole rings is 3. The van der Waals surface area contributed by atoms with Crippen molar-refractivity contribution in [3.8, 4) is 22.4 Å². The molecule has 96 valence electrons. The Morgan fingerprint density at radius 1 is 1.05 bits per heavy atom. The lowest BCUT2D eigenvalue weighted by Crippen LogP contribution is -1.75. The van der Waals surface area contributed by atoms with Gasteiger partial charge in [0.1, 0.15) is 11.4 Å². The highest BCUT2D eigenvalue weighted by molar-refractivity contribution is 7.20. The molecule has 0 unspecified atom stereocenters. The Bertz CT molecular complexity index is 870. The van der Waals surface area contributed by atoms with E-state index < -0.39 is 0 Å². The van der Waals surface area contributed by atoms with E-state index in [1.807, 2.05) is 16.8 Å². The molecule has 0 saturated carbocycles. The van der Waals surface area contributed by atoms with E-state index in [4.69, 9.17) is 0 Å². The van der Waals surface area contributed by atoms with Crippen molar-refractivity contribution in [2.45, 2.75) is 0 Å². The molecule has 4 heterocycles. The van der Waals surface area contributed by atoms with Gasteiger partial charge in [0.25, 0.3) is 0 Å². The molecule has 6 nitrogen and oxygen atoms in total. The van der Waals surface area contributed by atoms with Crippen LogP contribution >= 0.6 is 11.3 Å². The van der Waals surface area contributed by atoms with E-state index in [9.17, 15) is 0 Å². The van der Waals surface area contributed by atoms with Crippen LogP contribution in [0.15, 0.2) is 37.4 Å². The van der Waals surface area contributed by atoms with Crippen LogP contribution in [0.25, 0.3) is 15.5 Å². The molecule has 0 aromatic carbocycles. The molecule has 4 rings (SSSR count). The summed E-state index contributed by atoms with van der Waals surface area (Å²) in [5.41, 5.74) is 2.51. The normalized spacial score (nSPS) is 10.6. The zero-order valence-electron chi connectivity index (χ0n) is 10.2. The van der Waals surface area contributed by atoms with Crippen molar-refractivity contribution >= 4 is 16.3 Å². The monoisotopic (exact) mass is 280 g/mol. The summed E-state index contributed by atoms with van der Waals surface area (Å²) in [6.45, 7) is 0. The van der Waals surface area contributed by atoms with E-state index in [2.05, 4.69) is 36.8 Å². The molecule has 0 atom stereocenters. The average Bonchev–Trinajstić information content (AvgIpc) is 3.19. The summed E-state index contributed by atoms with van der Waals surface area (Å²) >= 11 is 1.59. The molecule has 0 spiro atoms. The molecule has 20 heavy (non-hydrogen) atoms. The Hall–Kier alpha value is -2.85. The molecule has 0 aliphatic carbocycles. The molecule has 7 heteroatoms. The summed E-state index contributed by atoms with van der Waals surface area (Å²) in [5.74, 6) is 5.99. The Morgan fingerprint density at radius 3 is 2.70 bits per heavy atom. The highest BCUT2D eigenvalue weighted by Crippen LogP contribution is 2.26. The Kier molecular flexibility index (Phi) is 2.40. The van der Waals surface area contributed by atoms with Crippen molar-refractivity contribution in [3.63, 3.8) is 0 Å². The summed E-state index contributed by atoms with van der Waals surface area (Å²) in [7, 11) is 0. The molecule has 0 aliphatic heterocycles. The summed E-state index contributed by atoms with van der Waals surface area (Å²) < 4.78 is 1.97. The van der Waals surface area contributed by atoms with Crippen LogP contribution in [0.1, 0.15) is 11.4 Å². The van der Waals surface area contributed by atoms with Crippen LogP contribution in [0.5, 0.6) is 0 Å². The second-order valence-corrected chi connectivity index (χ2v) is 5.10. The van der Waals surface area contributed by atoms with Crippen molar-refractivity contribution < 1.29 is 0 Å². The zero-order chi connectivity index (χ0) is 13.4. The summed E-state index contributed by atoms with van der Waals surface area (Å²) in [6.07, 6.45) is 10.7. The quantitative estimate of drug-likeness (QED) is 0.523. The van der Waals surface area contributed by atoms with Crippen molar-refractivity contribution in [2.24, 2.45) is 0 Å². The van der Waals surface area contributed by atoms with Gasteiger partial charge in [0.05, 0.1) is 35.6 Å². The van der Waals surface area contributed by atoms with Gasteiger partial charge in [0.15, 0.2) is 4.96 Å². The van der Waals surface area contributed by atoms with Gasteiger partial charge < -0.3 is 9.97 Å². The lowest BCUT2D eigenvalue weighted by molar-refractivity contribution is 1.23. The minimum atomic E-state index is 0.738. The Labute approximate surface area is 117 Å². The molecule has 0 bridgehead atoms. The number of fused-ring (bicyclic) bond motifs is 1. The number of aromatic nitrogens is 6. The highest BCUT2D eigenvalue weighted by Gasteiger charge is 2.07. The molecule has 4 aromatic heterocycles. The molecule has 0 amide bonds. The third kappa shape index (κ3) is 1.88. The first-order chi connectivity index (χ1) is 9.88. The molecule has 0 fully saturated rings. The second-order valence-electron chi connectivity index (χ2n) is 4.09.